The molecule has 8 heteroatoms. The number of hydrogen-bond acceptors (Lipinski definition) is 5. The second-order valence-corrected chi connectivity index (χ2v) is 5.91. The van der Waals surface area contributed by atoms with E-state index in [1.807, 2.05) is 19.0 Å². The SMILES string of the molecule is CC(C)CC(CN(C)C)Nc1nc(C(F)(F)F)ns1. The molecule has 0 aliphatic heterocycles. The number of likely N-dealkylation sites (N-methyl/N-ethyl adjacent to an activating group) is 1. The van der Waals surface area contributed by atoms with Gasteiger partial charge in [0.25, 0.3) is 0 Å². The van der Waals surface area contributed by atoms with Crippen molar-refractivity contribution in [2.75, 3.05) is 26.0 Å². The molecule has 0 aliphatic rings. The Bertz CT molecular complexity index is 380. The highest BCUT2D eigenvalue weighted by molar-refractivity contribution is 7.09. The zero-order valence-electron chi connectivity index (χ0n) is 11.5. The molecule has 0 aliphatic carbocycles. The lowest BCUT2D eigenvalue weighted by atomic mass is 10.0. The molecule has 1 atom stereocenters. The van der Waals surface area contributed by atoms with Gasteiger partial charge in [-0.15, -0.1) is 0 Å². The first-order chi connectivity index (χ1) is 8.68. The van der Waals surface area contributed by atoms with Gasteiger partial charge in [0.15, 0.2) is 0 Å². The monoisotopic (exact) mass is 296 g/mol. The molecule has 1 rings (SSSR count). The fraction of sp³-hybridized carbons (Fsp3) is 0.818. The molecule has 1 aromatic rings. The topological polar surface area (TPSA) is 41.0 Å². The molecule has 1 aromatic heterocycles. The van der Waals surface area contributed by atoms with Crippen LogP contribution in [0, 0.1) is 5.92 Å². The van der Waals surface area contributed by atoms with Crippen LogP contribution in [0.2, 0.25) is 0 Å². The van der Waals surface area contributed by atoms with E-state index in [-0.39, 0.29) is 11.2 Å². The molecule has 0 saturated carbocycles. The Morgan fingerprint density at radius 3 is 2.37 bits per heavy atom. The smallest absolute Gasteiger partial charge is 0.356 e. The van der Waals surface area contributed by atoms with Crippen LogP contribution >= 0.6 is 11.5 Å². The molecular weight excluding hydrogens is 277 g/mol. The van der Waals surface area contributed by atoms with Crippen molar-refractivity contribution < 1.29 is 13.2 Å². The molecule has 110 valence electrons. The lowest BCUT2D eigenvalue weighted by molar-refractivity contribution is -0.144. The molecule has 1 N–H and O–H groups in total. The van der Waals surface area contributed by atoms with Gasteiger partial charge in [-0.25, -0.2) is 0 Å². The van der Waals surface area contributed by atoms with Gasteiger partial charge in [-0.3, -0.25) is 0 Å². The Hall–Kier alpha value is -0.890. The summed E-state index contributed by atoms with van der Waals surface area (Å²) in [4.78, 5) is 5.48. The van der Waals surface area contributed by atoms with Crippen molar-refractivity contribution in [2.45, 2.75) is 32.5 Å². The van der Waals surface area contributed by atoms with E-state index in [0.29, 0.717) is 5.92 Å². The number of hydrogen-bond donors (Lipinski definition) is 1. The van der Waals surface area contributed by atoms with Crippen molar-refractivity contribution in [2.24, 2.45) is 5.92 Å². The number of aromatic nitrogens is 2. The van der Waals surface area contributed by atoms with Gasteiger partial charge in [0, 0.05) is 24.1 Å². The summed E-state index contributed by atoms with van der Waals surface area (Å²) in [5.74, 6) is -0.624. The van der Waals surface area contributed by atoms with Gasteiger partial charge in [0.2, 0.25) is 11.0 Å². The Morgan fingerprint density at radius 2 is 1.95 bits per heavy atom. The number of nitrogens with zero attached hydrogens (tertiary/aromatic N) is 3. The maximum atomic E-state index is 12.4. The van der Waals surface area contributed by atoms with Gasteiger partial charge >= 0.3 is 6.18 Å². The summed E-state index contributed by atoms with van der Waals surface area (Å²) < 4.78 is 40.5. The standard InChI is InChI=1S/C11H19F3N4S/c1-7(2)5-8(6-18(3)4)15-10-16-9(17-19-10)11(12,13)14/h7-8H,5-6H2,1-4H3,(H,15,16,17). The molecule has 4 nitrogen and oxygen atoms in total. The predicted octanol–water partition coefficient (Wildman–Crippen LogP) is 2.95. The lowest BCUT2D eigenvalue weighted by Crippen LogP contribution is -2.33. The van der Waals surface area contributed by atoms with E-state index in [4.69, 9.17) is 0 Å². The maximum absolute atomic E-state index is 12.4. The summed E-state index contributed by atoms with van der Waals surface area (Å²) in [7, 11) is 3.85. The van der Waals surface area contributed by atoms with Gasteiger partial charge in [-0.05, 0) is 26.4 Å². The minimum atomic E-state index is -4.48. The zero-order valence-corrected chi connectivity index (χ0v) is 12.3. The summed E-state index contributed by atoms with van der Waals surface area (Å²) in [6.45, 7) is 4.89. The molecular formula is C11H19F3N4S. The Kier molecular flexibility index (Phi) is 5.54. The van der Waals surface area contributed by atoms with Crippen molar-refractivity contribution in [3.63, 3.8) is 0 Å². The molecule has 0 aromatic carbocycles. The highest BCUT2D eigenvalue weighted by atomic mass is 32.1. The fourth-order valence-electron chi connectivity index (χ4n) is 1.76. The van der Waals surface area contributed by atoms with E-state index in [0.717, 1.165) is 24.5 Å². The predicted molar refractivity (Wildman–Crippen MR) is 70.3 cm³/mol. The molecule has 0 saturated heterocycles. The van der Waals surface area contributed by atoms with Gasteiger partial charge in [-0.2, -0.15) is 22.5 Å². The number of nitrogens with one attached hydrogen (secondary N) is 1. The lowest BCUT2D eigenvalue weighted by Gasteiger charge is -2.23. The number of rotatable bonds is 6. The first-order valence-electron chi connectivity index (χ1n) is 6.00. The van der Waals surface area contributed by atoms with Crippen LogP contribution in [0.4, 0.5) is 18.3 Å². The van der Waals surface area contributed by atoms with Gasteiger partial charge in [-0.1, -0.05) is 13.8 Å². The second-order valence-electron chi connectivity index (χ2n) is 5.15. The molecule has 1 unspecified atom stereocenters. The average molecular weight is 296 g/mol. The number of anilines is 1. The van der Waals surface area contributed by atoms with Crippen molar-refractivity contribution >= 4 is 16.7 Å². The van der Waals surface area contributed by atoms with Crippen molar-refractivity contribution in [1.29, 1.82) is 0 Å². The van der Waals surface area contributed by atoms with Crippen LogP contribution in [0.3, 0.4) is 0 Å². The molecule has 0 bridgehead atoms. The van der Waals surface area contributed by atoms with E-state index in [1.165, 1.54) is 0 Å². The maximum Gasteiger partial charge on any atom is 0.452 e. The summed E-state index contributed by atoms with van der Waals surface area (Å²) in [6.07, 6.45) is -3.62. The molecule has 0 fully saturated rings. The first-order valence-corrected chi connectivity index (χ1v) is 6.78. The molecule has 19 heavy (non-hydrogen) atoms. The summed E-state index contributed by atoms with van der Waals surface area (Å²) in [6, 6.07) is 0.0593. The third-order valence-electron chi connectivity index (χ3n) is 2.35. The summed E-state index contributed by atoms with van der Waals surface area (Å²) in [5, 5.41) is 3.26. The van der Waals surface area contributed by atoms with Crippen molar-refractivity contribution in [1.82, 2.24) is 14.3 Å². The van der Waals surface area contributed by atoms with E-state index < -0.39 is 12.0 Å². The molecule has 0 amide bonds. The van der Waals surface area contributed by atoms with Crippen LogP contribution in [0.15, 0.2) is 0 Å². The average Bonchev–Trinajstić information content (AvgIpc) is 2.62. The van der Waals surface area contributed by atoms with Gasteiger partial charge in [0.05, 0.1) is 0 Å². The molecule has 0 spiro atoms. The Morgan fingerprint density at radius 1 is 1.32 bits per heavy atom. The van der Waals surface area contributed by atoms with E-state index in [9.17, 15) is 13.2 Å². The van der Waals surface area contributed by atoms with Gasteiger partial charge < -0.3 is 10.2 Å². The summed E-state index contributed by atoms with van der Waals surface area (Å²) >= 11 is 0.748. The zero-order chi connectivity index (χ0) is 14.6. The highest BCUT2D eigenvalue weighted by Gasteiger charge is 2.36. The van der Waals surface area contributed by atoms with Crippen LogP contribution in [0.1, 0.15) is 26.1 Å². The number of halogens is 3. The van der Waals surface area contributed by atoms with Gasteiger partial charge in [0.1, 0.15) is 0 Å². The van der Waals surface area contributed by atoms with Crippen molar-refractivity contribution in [3.8, 4) is 0 Å². The van der Waals surface area contributed by atoms with E-state index in [2.05, 4.69) is 28.5 Å². The van der Waals surface area contributed by atoms with Crippen LogP contribution in [0.25, 0.3) is 0 Å². The van der Waals surface area contributed by atoms with E-state index in [1.54, 1.807) is 0 Å². The minimum absolute atomic E-state index is 0.0593. The normalized spacial score (nSPS) is 14.2. The number of alkyl halides is 3. The largest absolute Gasteiger partial charge is 0.452 e. The van der Waals surface area contributed by atoms with E-state index >= 15 is 0 Å². The minimum Gasteiger partial charge on any atom is -0.356 e. The Balaban J connectivity index is 2.70. The third-order valence-corrected chi connectivity index (χ3v) is 2.99. The van der Waals surface area contributed by atoms with Crippen molar-refractivity contribution in [3.05, 3.63) is 5.82 Å². The molecule has 0 radical (unpaired) electrons. The molecule has 1 heterocycles. The fourth-order valence-corrected chi connectivity index (χ4v) is 2.42. The summed E-state index contributed by atoms with van der Waals surface area (Å²) in [5.41, 5.74) is 0. The van der Waals surface area contributed by atoms with Crippen LogP contribution in [-0.2, 0) is 6.18 Å². The van der Waals surface area contributed by atoms with Crippen LogP contribution in [0.5, 0.6) is 0 Å². The Labute approximate surface area is 115 Å². The third kappa shape index (κ3) is 5.73. The van der Waals surface area contributed by atoms with Crippen LogP contribution < -0.4 is 5.32 Å². The first kappa shape index (κ1) is 16.2. The highest BCUT2D eigenvalue weighted by Crippen LogP contribution is 2.29. The quantitative estimate of drug-likeness (QED) is 0.876. The van der Waals surface area contributed by atoms with Crippen LogP contribution in [-0.4, -0.2) is 40.9 Å². The second kappa shape index (κ2) is 6.51.